The molecule has 1 unspecified atom stereocenters. The molecule has 3 aliphatic rings. The highest BCUT2D eigenvalue weighted by molar-refractivity contribution is 5.92. The van der Waals surface area contributed by atoms with E-state index in [0.717, 1.165) is 38.2 Å². The Balaban J connectivity index is 1.45. The first-order valence-corrected chi connectivity index (χ1v) is 9.29. The number of amides is 1. The fourth-order valence-electron chi connectivity index (χ4n) is 4.34. The fraction of sp³-hybridized carbons (Fsp3) is 0.778. The van der Waals surface area contributed by atoms with E-state index in [-0.39, 0.29) is 17.1 Å². The molecule has 7 nitrogen and oxygen atoms in total. The summed E-state index contributed by atoms with van der Waals surface area (Å²) in [5.41, 5.74) is 0.0288. The number of aromatic nitrogens is 2. The zero-order valence-electron chi connectivity index (χ0n) is 15.1. The number of imidazole rings is 1. The third kappa shape index (κ3) is 3.45. The van der Waals surface area contributed by atoms with E-state index in [4.69, 9.17) is 9.47 Å². The normalized spacial score (nSPS) is 30.1. The summed E-state index contributed by atoms with van der Waals surface area (Å²) < 4.78 is 11.9. The second kappa shape index (κ2) is 6.37. The number of ether oxygens (including phenoxy) is 2. The summed E-state index contributed by atoms with van der Waals surface area (Å²) in [5, 5.41) is 3.36. The second-order valence-corrected chi connectivity index (χ2v) is 8.19. The monoisotopic (exact) mass is 348 g/mol. The number of aromatic amines is 1. The summed E-state index contributed by atoms with van der Waals surface area (Å²) in [6.07, 6.45) is 4.63. The van der Waals surface area contributed by atoms with Gasteiger partial charge in [0.05, 0.1) is 31.6 Å². The maximum atomic E-state index is 12.9. The highest BCUT2D eigenvalue weighted by Gasteiger charge is 2.49. The lowest BCUT2D eigenvalue weighted by Gasteiger charge is -2.39. The van der Waals surface area contributed by atoms with Gasteiger partial charge >= 0.3 is 0 Å². The second-order valence-electron chi connectivity index (χ2n) is 8.19. The van der Waals surface area contributed by atoms with Gasteiger partial charge in [-0.1, -0.05) is 0 Å². The maximum Gasteiger partial charge on any atom is 0.272 e. The van der Waals surface area contributed by atoms with E-state index < -0.39 is 0 Å². The van der Waals surface area contributed by atoms with Crippen LogP contribution >= 0.6 is 0 Å². The molecule has 1 atom stereocenters. The Bertz CT molecular complexity index is 638. The molecule has 1 amide bonds. The first-order chi connectivity index (χ1) is 12.0. The average Bonchev–Trinajstić information content (AvgIpc) is 3.20. The smallest absolute Gasteiger partial charge is 0.272 e. The molecule has 3 fully saturated rings. The van der Waals surface area contributed by atoms with Gasteiger partial charge in [0, 0.05) is 18.9 Å². The summed E-state index contributed by atoms with van der Waals surface area (Å²) in [4.78, 5) is 22.6. The number of morpholine rings is 1. The number of H-pyrrole nitrogens is 1. The molecular weight excluding hydrogens is 320 g/mol. The van der Waals surface area contributed by atoms with Crippen LogP contribution in [0.1, 0.15) is 55.3 Å². The molecule has 4 heterocycles. The van der Waals surface area contributed by atoms with E-state index in [0.29, 0.717) is 37.9 Å². The van der Waals surface area contributed by atoms with Gasteiger partial charge in [-0.3, -0.25) is 4.79 Å². The molecule has 0 aliphatic carbocycles. The number of nitrogens with one attached hydrogen (secondary N) is 2. The van der Waals surface area contributed by atoms with Gasteiger partial charge in [-0.05, 0) is 39.8 Å². The molecule has 4 rings (SSSR count). The number of rotatable bonds is 2. The van der Waals surface area contributed by atoms with Crippen molar-refractivity contribution in [1.29, 1.82) is 0 Å². The largest absolute Gasteiger partial charge is 0.372 e. The van der Waals surface area contributed by atoms with Gasteiger partial charge in [0.2, 0.25) is 0 Å². The van der Waals surface area contributed by atoms with Crippen LogP contribution in [0.4, 0.5) is 0 Å². The highest BCUT2D eigenvalue weighted by atomic mass is 16.6. The molecule has 0 aromatic carbocycles. The van der Waals surface area contributed by atoms with Gasteiger partial charge in [0.25, 0.3) is 5.91 Å². The van der Waals surface area contributed by atoms with Crippen LogP contribution in [0, 0.1) is 0 Å². The van der Waals surface area contributed by atoms with Crippen molar-refractivity contribution in [3.63, 3.8) is 0 Å². The third-order valence-electron chi connectivity index (χ3n) is 5.56. The minimum atomic E-state index is -0.366. The molecule has 0 radical (unpaired) electrons. The first kappa shape index (κ1) is 17.0. The van der Waals surface area contributed by atoms with Crippen LogP contribution in [0.25, 0.3) is 0 Å². The Labute approximate surface area is 148 Å². The van der Waals surface area contributed by atoms with Gasteiger partial charge in [-0.25, -0.2) is 4.98 Å². The average molecular weight is 348 g/mol. The van der Waals surface area contributed by atoms with Crippen LogP contribution in [0.5, 0.6) is 0 Å². The van der Waals surface area contributed by atoms with Crippen molar-refractivity contribution in [1.82, 2.24) is 20.2 Å². The van der Waals surface area contributed by atoms with Crippen molar-refractivity contribution in [2.75, 3.05) is 39.4 Å². The van der Waals surface area contributed by atoms with Crippen LogP contribution in [-0.2, 0) is 9.47 Å². The molecule has 1 spiro atoms. The standard InChI is InChI=1S/C18H28N4O3/c1-17(2)10-18(12-25-17)11-22(7-8-24-18)16(23)14-9-20-15(21-14)13-3-5-19-6-4-13/h9,13,19H,3-8,10-12H2,1-2H3,(H,20,21). The lowest BCUT2D eigenvalue weighted by atomic mass is 9.92. The maximum absolute atomic E-state index is 12.9. The molecule has 1 aromatic rings. The molecule has 1 aromatic heterocycles. The van der Waals surface area contributed by atoms with Crippen molar-refractivity contribution >= 4 is 5.91 Å². The van der Waals surface area contributed by atoms with Gasteiger partial charge < -0.3 is 24.7 Å². The summed E-state index contributed by atoms with van der Waals surface area (Å²) in [5.74, 6) is 1.38. The fourth-order valence-corrected chi connectivity index (χ4v) is 4.34. The van der Waals surface area contributed by atoms with Crippen LogP contribution in [0.15, 0.2) is 6.20 Å². The number of carbonyl (C=O) groups excluding carboxylic acids is 1. The highest BCUT2D eigenvalue weighted by Crippen LogP contribution is 2.37. The van der Waals surface area contributed by atoms with Gasteiger partial charge in [0.1, 0.15) is 17.1 Å². The van der Waals surface area contributed by atoms with E-state index in [1.165, 1.54) is 0 Å². The van der Waals surface area contributed by atoms with Crippen molar-refractivity contribution in [2.24, 2.45) is 0 Å². The molecule has 3 aliphatic heterocycles. The van der Waals surface area contributed by atoms with Gasteiger partial charge in [-0.15, -0.1) is 0 Å². The van der Waals surface area contributed by atoms with Gasteiger partial charge in [-0.2, -0.15) is 0 Å². The number of hydrogen-bond acceptors (Lipinski definition) is 5. The predicted octanol–water partition coefficient (Wildman–Crippen LogP) is 1.29. The molecule has 7 heteroatoms. The minimum Gasteiger partial charge on any atom is -0.372 e. The molecule has 0 saturated carbocycles. The van der Waals surface area contributed by atoms with E-state index in [9.17, 15) is 4.79 Å². The van der Waals surface area contributed by atoms with E-state index >= 15 is 0 Å². The molecule has 138 valence electrons. The number of nitrogens with zero attached hydrogens (tertiary/aromatic N) is 2. The molecule has 3 saturated heterocycles. The van der Waals surface area contributed by atoms with E-state index in [2.05, 4.69) is 29.1 Å². The first-order valence-electron chi connectivity index (χ1n) is 9.29. The van der Waals surface area contributed by atoms with Gasteiger partial charge in [0.15, 0.2) is 0 Å². The minimum absolute atomic E-state index is 0.0139. The summed E-state index contributed by atoms with van der Waals surface area (Å²) in [6.45, 7) is 8.47. The molecule has 0 bridgehead atoms. The predicted molar refractivity (Wildman–Crippen MR) is 92.7 cm³/mol. The molecule has 2 N–H and O–H groups in total. The van der Waals surface area contributed by atoms with Crippen LogP contribution in [0.3, 0.4) is 0 Å². The van der Waals surface area contributed by atoms with E-state index in [1.54, 1.807) is 6.20 Å². The van der Waals surface area contributed by atoms with Crippen LogP contribution < -0.4 is 5.32 Å². The quantitative estimate of drug-likeness (QED) is 0.842. The molecule has 25 heavy (non-hydrogen) atoms. The Hall–Kier alpha value is -1.44. The van der Waals surface area contributed by atoms with Crippen molar-refractivity contribution in [3.8, 4) is 0 Å². The van der Waals surface area contributed by atoms with Crippen molar-refractivity contribution in [2.45, 2.75) is 50.2 Å². The van der Waals surface area contributed by atoms with Crippen LogP contribution in [0.2, 0.25) is 0 Å². The number of hydrogen-bond donors (Lipinski definition) is 2. The summed E-state index contributed by atoms with van der Waals surface area (Å²) in [6, 6.07) is 0. The lowest BCUT2D eigenvalue weighted by molar-refractivity contribution is -0.0999. The van der Waals surface area contributed by atoms with E-state index in [1.807, 2.05) is 4.90 Å². The van der Waals surface area contributed by atoms with Crippen molar-refractivity contribution in [3.05, 3.63) is 17.7 Å². The Kier molecular flexibility index (Phi) is 4.33. The topological polar surface area (TPSA) is 79.5 Å². The summed E-state index contributed by atoms with van der Waals surface area (Å²) in [7, 11) is 0. The zero-order valence-corrected chi connectivity index (χ0v) is 15.1. The van der Waals surface area contributed by atoms with Crippen molar-refractivity contribution < 1.29 is 14.3 Å². The zero-order chi connectivity index (χ0) is 17.5. The Morgan fingerprint density at radius 1 is 1.32 bits per heavy atom. The molecular formula is C18H28N4O3. The summed E-state index contributed by atoms with van der Waals surface area (Å²) >= 11 is 0. The Morgan fingerprint density at radius 2 is 2.12 bits per heavy atom. The number of carbonyl (C=O) groups is 1. The Morgan fingerprint density at radius 3 is 2.84 bits per heavy atom. The lowest BCUT2D eigenvalue weighted by Crippen LogP contribution is -2.54. The van der Waals surface area contributed by atoms with Crippen LogP contribution in [-0.4, -0.2) is 71.4 Å². The number of piperidine rings is 1. The SMILES string of the molecule is CC1(C)CC2(CO1)CN(C(=O)c1cnc(C3CCNCC3)[nH]1)CCO2. The third-order valence-corrected chi connectivity index (χ3v) is 5.56.